The zero-order valence-corrected chi connectivity index (χ0v) is 12.0. The normalized spacial score (nSPS) is 18.8. The molecule has 0 saturated carbocycles. The maximum atomic E-state index is 12.0. The van der Waals surface area contributed by atoms with Crippen molar-refractivity contribution < 1.29 is 14.3 Å². The van der Waals surface area contributed by atoms with Crippen molar-refractivity contribution in [3.8, 4) is 0 Å². The van der Waals surface area contributed by atoms with Crippen LogP contribution in [-0.4, -0.2) is 37.1 Å². The zero-order chi connectivity index (χ0) is 14.0. The van der Waals surface area contributed by atoms with Gasteiger partial charge in [-0.1, -0.05) is 0 Å². The summed E-state index contributed by atoms with van der Waals surface area (Å²) in [6.45, 7) is 0.939. The van der Waals surface area contributed by atoms with Gasteiger partial charge in [0.25, 0.3) is 0 Å². The average molecular weight is 328 g/mol. The second-order valence-corrected chi connectivity index (χ2v) is 5.24. The van der Waals surface area contributed by atoms with E-state index in [0.29, 0.717) is 29.7 Å². The van der Waals surface area contributed by atoms with E-state index in [4.69, 9.17) is 5.73 Å². The van der Waals surface area contributed by atoms with E-state index in [-0.39, 0.29) is 17.5 Å². The van der Waals surface area contributed by atoms with Crippen molar-refractivity contribution in [2.45, 2.75) is 6.42 Å². The topological polar surface area (TPSA) is 85.5 Å². The Hall–Kier alpha value is -1.47. The highest BCUT2D eigenvalue weighted by molar-refractivity contribution is 9.10. The van der Waals surface area contributed by atoms with Gasteiger partial charge in [-0.25, -0.2) is 9.78 Å². The molecule has 0 spiro atoms. The predicted molar refractivity (Wildman–Crippen MR) is 72.8 cm³/mol. The molecule has 1 saturated heterocycles. The fraction of sp³-hybridized carbons (Fsp3) is 0.417. The molecule has 2 heterocycles. The smallest absolute Gasteiger partial charge is 0.358 e. The standard InChI is InChI=1S/C12H14BrN3O3/c1-19-12(18)11-9(3-8(13)5-15-11)16-6-7(4-14)2-10(16)17/h3,5,7H,2,4,6,14H2,1H3. The molecule has 1 amide bonds. The summed E-state index contributed by atoms with van der Waals surface area (Å²) in [6, 6.07) is 1.69. The molecule has 1 atom stereocenters. The van der Waals surface area contributed by atoms with Crippen LogP contribution < -0.4 is 10.6 Å². The SMILES string of the molecule is COC(=O)c1ncc(Br)cc1N1CC(CN)CC1=O. The molecule has 1 aromatic heterocycles. The van der Waals surface area contributed by atoms with E-state index in [9.17, 15) is 9.59 Å². The van der Waals surface area contributed by atoms with Gasteiger partial charge < -0.3 is 15.4 Å². The maximum Gasteiger partial charge on any atom is 0.358 e. The molecular formula is C12H14BrN3O3. The van der Waals surface area contributed by atoms with Gasteiger partial charge in [0.05, 0.1) is 12.8 Å². The molecule has 1 aliphatic heterocycles. The van der Waals surface area contributed by atoms with E-state index in [0.717, 1.165) is 0 Å². The molecule has 0 aliphatic carbocycles. The van der Waals surface area contributed by atoms with Gasteiger partial charge in [0.1, 0.15) is 0 Å². The number of nitrogens with two attached hydrogens (primary N) is 1. The quantitative estimate of drug-likeness (QED) is 0.835. The average Bonchev–Trinajstić information content (AvgIpc) is 2.79. The lowest BCUT2D eigenvalue weighted by Crippen LogP contribution is -2.28. The number of aromatic nitrogens is 1. The van der Waals surface area contributed by atoms with Crippen molar-refractivity contribution in [2.24, 2.45) is 11.7 Å². The Kier molecular flexibility index (Phi) is 4.16. The molecule has 19 heavy (non-hydrogen) atoms. The number of carbonyl (C=O) groups excluding carboxylic acids is 2. The highest BCUT2D eigenvalue weighted by atomic mass is 79.9. The number of carbonyl (C=O) groups is 2. The summed E-state index contributed by atoms with van der Waals surface area (Å²) in [6.07, 6.45) is 1.89. The Morgan fingerprint density at radius 1 is 1.68 bits per heavy atom. The fourth-order valence-electron chi connectivity index (χ4n) is 2.06. The third kappa shape index (κ3) is 2.76. The van der Waals surface area contributed by atoms with E-state index in [1.54, 1.807) is 11.0 Å². The summed E-state index contributed by atoms with van der Waals surface area (Å²) in [4.78, 5) is 29.3. The number of nitrogens with zero attached hydrogens (tertiary/aromatic N) is 2. The van der Waals surface area contributed by atoms with Gasteiger partial charge in [0.15, 0.2) is 5.69 Å². The molecule has 1 aliphatic rings. The third-order valence-electron chi connectivity index (χ3n) is 3.04. The lowest BCUT2D eigenvalue weighted by molar-refractivity contribution is -0.117. The Morgan fingerprint density at radius 2 is 2.42 bits per heavy atom. The van der Waals surface area contributed by atoms with Crippen LogP contribution in [0.1, 0.15) is 16.9 Å². The molecular weight excluding hydrogens is 314 g/mol. The summed E-state index contributed by atoms with van der Waals surface area (Å²) in [5.41, 5.74) is 6.19. The number of anilines is 1. The lowest BCUT2D eigenvalue weighted by atomic mass is 10.1. The Morgan fingerprint density at radius 3 is 3.00 bits per heavy atom. The second-order valence-electron chi connectivity index (χ2n) is 4.32. The minimum Gasteiger partial charge on any atom is -0.464 e. The molecule has 7 heteroatoms. The minimum atomic E-state index is -0.563. The van der Waals surface area contributed by atoms with Crippen LogP contribution in [0.4, 0.5) is 5.69 Å². The van der Waals surface area contributed by atoms with Gasteiger partial charge in [-0.2, -0.15) is 0 Å². The van der Waals surface area contributed by atoms with E-state index < -0.39 is 5.97 Å². The first kappa shape index (κ1) is 14.0. The van der Waals surface area contributed by atoms with Crippen molar-refractivity contribution in [1.82, 2.24) is 4.98 Å². The van der Waals surface area contributed by atoms with E-state index in [1.807, 2.05) is 0 Å². The summed E-state index contributed by atoms with van der Waals surface area (Å²) >= 11 is 3.29. The Labute approximate surface area is 119 Å². The highest BCUT2D eigenvalue weighted by Gasteiger charge is 2.32. The molecule has 2 N–H and O–H groups in total. The molecule has 0 radical (unpaired) electrons. The van der Waals surface area contributed by atoms with Gasteiger partial charge in [-0.3, -0.25) is 4.79 Å². The largest absolute Gasteiger partial charge is 0.464 e. The van der Waals surface area contributed by atoms with Gasteiger partial charge in [0.2, 0.25) is 5.91 Å². The molecule has 6 nitrogen and oxygen atoms in total. The first-order valence-corrected chi connectivity index (χ1v) is 6.60. The van der Waals surface area contributed by atoms with Crippen LogP contribution >= 0.6 is 15.9 Å². The molecule has 0 bridgehead atoms. The first-order chi connectivity index (χ1) is 9.06. The second kappa shape index (κ2) is 5.66. The number of hydrogen-bond acceptors (Lipinski definition) is 5. The number of esters is 1. The maximum absolute atomic E-state index is 12.0. The fourth-order valence-corrected chi connectivity index (χ4v) is 2.38. The zero-order valence-electron chi connectivity index (χ0n) is 10.4. The summed E-state index contributed by atoms with van der Waals surface area (Å²) < 4.78 is 5.38. The van der Waals surface area contributed by atoms with Crippen LogP contribution in [-0.2, 0) is 9.53 Å². The molecule has 2 rings (SSSR count). The van der Waals surface area contributed by atoms with Crippen molar-refractivity contribution in [3.63, 3.8) is 0 Å². The van der Waals surface area contributed by atoms with E-state index >= 15 is 0 Å². The number of rotatable bonds is 3. The van der Waals surface area contributed by atoms with Crippen LogP contribution in [0.15, 0.2) is 16.7 Å². The van der Waals surface area contributed by atoms with Crippen LogP contribution in [0, 0.1) is 5.92 Å². The van der Waals surface area contributed by atoms with Gasteiger partial charge in [-0.15, -0.1) is 0 Å². The summed E-state index contributed by atoms with van der Waals surface area (Å²) in [5, 5.41) is 0. The Bertz CT molecular complexity index is 521. The van der Waals surface area contributed by atoms with Crippen molar-refractivity contribution in [2.75, 3.05) is 25.1 Å². The van der Waals surface area contributed by atoms with Gasteiger partial charge >= 0.3 is 5.97 Å². The molecule has 0 aromatic carbocycles. The third-order valence-corrected chi connectivity index (χ3v) is 3.48. The summed E-state index contributed by atoms with van der Waals surface area (Å²) in [5.74, 6) is -0.510. The van der Waals surface area contributed by atoms with Crippen molar-refractivity contribution in [1.29, 1.82) is 0 Å². The number of amides is 1. The van der Waals surface area contributed by atoms with Crippen molar-refractivity contribution >= 4 is 33.5 Å². The monoisotopic (exact) mass is 327 g/mol. The highest BCUT2D eigenvalue weighted by Crippen LogP contribution is 2.29. The molecule has 1 unspecified atom stereocenters. The minimum absolute atomic E-state index is 0.0551. The lowest BCUT2D eigenvalue weighted by Gasteiger charge is -2.19. The van der Waals surface area contributed by atoms with E-state index in [2.05, 4.69) is 25.7 Å². The van der Waals surface area contributed by atoms with Crippen LogP contribution in [0.25, 0.3) is 0 Å². The number of hydrogen-bond donors (Lipinski definition) is 1. The van der Waals surface area contributed by atoms with Crippen LogP contribution in [0.3, 0.4) is 0 Å². The summed E-state index contributed by atoms with van der Waals surface area (Å²) in [7, 11) is 1.28. The first-order valence-electron chi connectivity index (χ1n) is 5.81. The number of pyridine rings is 1. The molecule has 1 fully saturated rings. The molecule has 102 valence electrons. The van der Waals surface area contributed by atoms with E-state index in [1.165, 1.54) is 13.3 Å². The van der Waals surface area contributed by atoms with Crippen molar-refractivity contribution in [3.05, 3.63) is 22.4 Å². The number of ether oxygens (including phenoxy) is 1. The van der Waals surface area contributed by atoms with Gasteiger partial charge in [0, 0.05) is 23.6 Å². The van der Waals surface area contributed by atoms with Crippen LogP contribution in [0.5, 0.6) is 0 Å². The van der Waals surface area contributed by atoms with Crippen LogP contribution in [0.2, 0.25) is 0 Å². The molecule has 1 aromatic rings. The number of methoxy groups -OCH3 is 1. The Balaban J connectivity index is 2.41. The number of halogens is 1. The van der Waals surface area contributed by atoms with Gasteiger partial charge in [-0.05, 0) is 34.5 Å². The predicted octanol–water partition coefficient (Wildman–Crippen LogP) is 0.942.